The van der Waals surface area contributed by atoms with Crippen molar-refractivity contribution in [1.29, 1.82) is 0 Å². The average molecular weight is 282 g/mol. The first kappa shape index (κ1) is 14.5. The van der Waals surface area contributed by atoms with E-state index in [2.05, 4.69) is 6.58 Å². The summed E-state index contributed by atoms with van der Waals surface area (Å²) in [4.78, 5) is 0. The van der Waals surface area contributed by atoms with Crippen LogP contribution in [0.2, 0.25) is 0 Å². The van der Waals surface area contributed by atoms with Crippen LogP contribution >= 0.6 is 0 Å². The van der Waals surface area contributed by atoms with Gasteiger partial charge in [0.1, 0.15) is 0 Å². The molecule has 0 aromatic heterocycles. The zero-order valence-corrected chi connectivity index (χ0v) is 12.4. The molecule has 0 aliphatic carbocycles. The molecule has 0 heterocycles. The molecule has 1 atom stereocenters. The van der Waals surface area contributed by atoms with E-state index in [1.807, 2.05) is 66.1 Å². The topological polar surface area (TPSA) is 17.1 Å². The summed E-state index contributed by atoms with van der Waals surface area (Å²) in [5.74, 6) is 0. The first-order chi connectivity index (χ1) is 9.66. The number of allylic oxidation sites excluding steroid dienone is 2. The lowest BCUT2D eigenvalue weighted by Crippen LogP contribution is -1.91. The molecule has 20 heavy (non-hydrogen) atoms. The highest BCUT2D eigenvalue weighted by Crippen LogP contribution is 2.27. The van der Waals surface area contributed by atoms with E-state index in [9.17, 15) is 4.21 Å². The molecule has 0 spiro atoms. The summed E-state index contributed by atoms with van der Waals surface area (Å²) in [6.07, 6.45) is 2.39. The van der Waals surface area contributed by atoms with Gasteiger partial charge in [-0.25, -0.2) is 0 Å². The Morgan fingerprint density at radius 2 is 1.50 bits per heavy atom. The van der Waals surface area contributed by atoms with Crippen molar-refractivity contribution in [3.05, 3.63) is 83.8 Å². The van der Waals surface area contributed by atoms with Gasteiger partial charge >= 0.3 is 0 Å². The Kier molecular flexibility index (Phi) is 5.08. The van der Waals surface area contributed by atoms with Crippen LogP contribution < -0.4 is 0 Å². The Balaban J connectivity index is 2.26. The summed E-state index contributed by atoms with van der Waals surface area (Å²) in [5.41, 5.74) is 4.31. The fourth-order valence-corrected chi connectivity index (χ4v) is 2.69. The van der Waals surface area contributed by atoms with Crippen LogP contribution in [-0.4, -0.2) is 10.5 Å². The van der Waals surface area contributed by atoms with Crippen LogP contribution in [0.5, 0.6) is 0 Å². The predicted molar refractivity (Wildman–Crippen MR) is 88.6 cm³/mol. The molecule has 0 saturated carbocycles. The van der Waals surface area contributed by atoms with E-state index in [4.69, 9.17) is 0 Å². The number of hydrogen-bond acceptors (Lipinski definition) is 1. The highest BCUT2D eigenvalue weighted by molar-refractivity contribution is 7.87. The molecule has 0 fully saturated rings. The average Bonchev–Trinajstić information content (AvgIpc) is 2.48. The molecule has 2 aromatic carbocycles. The number of rotatable bonds is 5. The molecule has 0 amide bonds. The molecular weight excluding hydrogens is 264 g/mol. The standard InChI is InChI=1S/C18H18OS/c1-15(16-9-5-3-6-10-16)13-18(14-20(2)19)17-11-7-4-8-12-17/h3-12,14H,1,13H2,2H3. The number of benzene rings is 2. The predicted octanol–water partition coefficient (Wildman–Crippen LogP) is 4.51. The quantitative estimate of drug-likeness (QED) is 0.788. The Bertz CT molecular complexity index is 627. The third kappa shape index (κ3) is 4.04. The van der Waals surface area contributed by atoms with Crippen LogP contribution in [0.15, 0.2) is 72.7 Å². The van der Waals surface area contributed by atoms with Crippen molar-refractivity contribution < 1.29 is 4.21 Å². The van der Waals surface area contributed by atoms with Gasteiger partial charge in [0.15, 0.2) is 0 Å². The maximum atomic E-state index is 11.6. The van der Waals surface area contributed by atoms with Crippen LogP contribution in [0, 0.1) is 0 Å². The van der Waals surface area contributed by atoms with Crippen molar-refractivity contribution in [2.75, 3.05) is 6.26 Å². The van der Waals surface area contributed by atoms with E-state index in [0.29, 0.717) is 6.42 Å². The molecular formula is C18H18OS. The zero-order chi connectivity index (χ0) is 14.4. The maximum Gasteiger partial charge on any atom is 0.0427 e. The molecule has 0 N–H and O–H groups in total. The van der Waals surface area contributed by atoms with Gasteiger partial charge in [-0.05, 0) is 28.7 Å². The van der Waals surface area contributed by atoms with Gasteiger partial charge in [0.2, 0.25) is 0 Å². The molecule has 0 saturated heterocycles. The van der Waals surface area contributed by atoms with Crippen molar-refractivity contribution in [1.82, 2.24) is 0 Å². The van der Waals surface area contributed by atoms with E-state index in [0.717, 1.165) is 22.3 Å². The molecule has 1 unspecified atom stereocenters. The first-order valence-corrected chi connectivity index (χ1v) is 8.10. The summed E-state index contributed by atoms with van der Waals surface area (Å²) in [7, 11) is -0.972. The first-order valence-electron chi connectivity index (χ1n) is 6.48. The fraction of sp³-hybridized carbons (Fsp3) is 0.111. The Morgan fingerprint density at radius 3 is 2.00 bits per heavy atom. The molecule has 102 valence electrons. The largest absolute Gasteiger partial charge is 0.255 e. The monoisotopic (exact) mass is 282 g/mol. The molecule has 2 rings (SSSR count). The van der Waals surface area contributed by atoms with Crippen molar-refractivity contribution in [2.45, 2.75) is 6.42 Å². The van der Waals surface area contributed by atoms with Crippen LogP contribution in [0.4, 0.5) is 0 Å². The van der Waals surface area contributed by atoms with Crippen molar-refractivity contribution in [2.24, 2.45) is 0 Å². The van der Waals surface area contributed by atoms with Crippen LogP contribution in [0.1, 0.15) is 17.5 Å². The lowest BCUT2D eigenvalue weighted by molar-refractivity contribution is 0.692. The summed E-state index contributed by atoms with van der Waals surface area (Å²) >= 11 is 0. The fourth-order valence-electron chi connectivity index (χ4n) is 2.07. The van der Waals surface area contributed by atoms with Crippen molar-refractivity contribution in [3.63, 3.8) is 0 Å². The van der Waals surface area contributed by atoms with Crippen molar-refractivity contribution in [3.8, 4) is 0 Å². The van der Waals surface area contributed by atoms with Gasteiger partial charge < -0.3 is 0 Å². The Hall–Kier alpha value is -1.93. The second-order valence-corrected chi connectivity index (χ2v) is 5.89. The van der Waals surface area contributed by atoms with Crippen molar-refractivity contribution >= 4 is 21.9 Å². The molecule has 0 bridgehead atoms. The molecule has 2 heteroatoms. The molecule has 2 aromatic rings. The second-order valence-electron chi connectivity index (χ2n) is 4.65. The highest BCUT2D eigenvalue weighted by Gasteiger charge is 2.06. The number of hydrogen-bond donors (Lipinski definition) is 0. The van der Waals surface area contributed by atoms with Crippen LogP contribution in [-0.2, 0) is 10.8 Å². The van der Waals surface area contributed by atoms with E-state index in [1.165, 1.54) is 0 Å². The smallest absolute Gasteiger partial charge is 0.0427 e. The van der Waals surface area contributed by atoms with Gasteiger partial charge in [0.05, 0.1) is 0 Å². The molecule has 0 radical (unpaired) electrons. The normalized spacial score (nSPS) is 12.9. The Labute approximate surface area is 123 Å². The van der Waals surface area contributed by atoms with Gasteiger partial charge in [-0.2, -0.15) is 0 Å². The van der Waals surface area contributed by atoms with Gasteiger partial charge in [-0.1, -0.05) is 67.2 Å². The van der Waals surface area contributed by atoms with Gasteiger partial charge in [-0.3, -0.25) is 4.21 Å². The van der Waals surface area contributed by atoms with Crippen LogP contribution in [0.3, 0.4) is 0 Å². The molecule has 0 aliphatic rings. The Morgan fingerprint density at radius 1 is 1.00 bits per heavy atom. The van der Waals surface area contributed by atoms with E-state index in [1.54, 1.807) is 6.26 Å². The minimum Gasteiger partial charge on any atom is -0.255 e. The van der Waals surface area contributed by atoms with E-state index in [-0.39, 0.29) is 0 Å². The summed E-state index contributed by atoms with van der Waals surface area (Å²) < 4.78 is 11.6. The third-order valence-corrected chi connectivity index (χ3v) is 3.66. The third-order valence-electron chi connectivity index (χ3n) is 3.04. The van der Waals surface area contributed by atoms with Gasteiger partial charge in [0, 0.05) is 22.5 Å². The minimum absolute atomic E-state index is 0.702. The highest BCUT2D eigenvalue weighted by atomic mass is 32.2. The van der Waals surface area contributed by atoms with Crippen LogP contribution in [0.25, 0.3) is 11.1 Å². The minimum atomic E-state index is -0.972. The van der Waals surface area contributed by atoms with E-state index >= 15 is 0 Å². The van der Waals surface area contributed by atoms with Gasteiger partial charge in [0.25, 0.3) is 0 Å². The van der Waals surface area contributed by atoms with Gasteiger partial charge in [-0.15, -0.1) is 0 Å². The maximum absolute atomic E-state index is 11.6. The lowest BCUT2D eigenvalue weighted by atomic mass is 9.96. The lowest BCUT2D eigenvalue weighted by Gasteiger charge is -2.10. The zero-order valence-electron chi connectivity index (χ0n) is 11.6. The SMILES string of the molecule is C=C(CC(=CS(C)=O)c1ccccc1)c1ccccc1. The second kappa shape index (κ2) is 7.01. The summed E-state index contributed by atoms with van der Waals surface area (Å²) in [6, 6.07) is 20.1. The summed E-state index contributed by atoms with van der Waals surface area (Å²) in [6.45, 7) is 4.16. The molecule has 1 nitrogen and oxygen atoms in total. The van der Waals surface area contributed by atoms with E-state index < -0.39 is 10.8 Å². The summed E-state index contributed by atoms with van der Waals surface area (Å²) in [5, 5.41) is 1.81. The molecule has 0 aliphatic heterocycles.